The van der Waals surface area contributed by atoms with Crippen LogP contribution in [0, 0.1) is 6.92 Å². The standard InChI is InChI=1S/C27H27N5O3S2.ClH/c1-15-20-24(32(5)21-16(2)25(33)30-26(21)34)28-23(19-7-6-14-36-19)29-27(20)37-22(15)17-8-10-18(11-9-17)35-13-12-31(3)4;/h6-11,14H,12-13H2,1-5H3,(H,30,33,34);1H. The van der Waals surface area contributed by atoms with Gasteiger partial charge in [0.05, 0.1) is 10.3 Å². The highest BCUT2D eigenvalue weighted by Crippen LogP contribution is 2.43. The average molecular weight is 570 g/mol. The fourth-order valence-corrected chi connectivity index (χ4v) is 6.08. The monoisotopic (exact) mass is 569 g/mol. The van der Waals surface area contributed by atoms with Crippen molar-refractivity contribution < 1.29 is 14.3 Å². The van der Waals surface area contributed by atoms with Gasteiger partial charge in [0.2, 0.25) is 0 Å². The number of nitrogens with one attached hydrogen (secondary N) is 1. The molecule has 1 aliphatic rings. The second-order valence-corrected chi connectivity index (χ2v) is 11.0. The largest absolute Gasteiger partial charge is 0.492 e. The highest BCUT2D eigenvalue weighted by Gasteiger charge is 2.32. The van der Waals surface area contributed by atoms with E-state index in [0.29, 0.717) is 29.5 Å². The Balaban J connectivity index is 0.00000336. The summed E-state index contributed by atoms with van der Waals surface area (Å²) in [6.45, 7) is 5.16. The molecule has 0 spiro atoms. The maximum Gasteiger partial charge on any atom is 0.275 e. The maximum absolute atomic E-state index is 12.6. The molecule has 4 heterocycles. The predicted molar refractivity (Wildman–Crippen MR) is 156 cm³/mol. The number of amides is 2. The molecule has 0 bridgehead atoms. The number of likely N-dealkylation sites (N-methyl/N-ethyl adjacent to an activating group) is 2. The lowest BCUT2D eigenvalue weighted by Gasteiger charge is -2.20. The lowest BCUT2D eigenvalue weighted by atomic mass is 10.1. The number of fused-ring (bicyclic) bond motifs is 1. The molecular weight excluding hydrogens is 542 g/mol. The molecule has 198 valence electrons. The third kappa shape index (κ3) is 5.17. The van der Waals surface area contributed by atoms with Crippen LogP contribution in [0.4, 0.5) is 5.82 Å². The zero-order valence-electron chi connectivity index (χ0n) is 21.7. The first-order valence-electron chi connectivity index (χ1n) is 11.8. The van der Waals surface area contributed by atoms with Gasteiger partial charge < -0.3 is 14.5 Å². The Bertz CT molecular complexity index is 1530. The summed E-state index contributed by atoms with van der Waals surface area (Å²) < 4.78 is 5.85. The number of rotatable bonds is 8. The van der Waals surface area contributed by atoms with Gasteiger partial charge in [0, 0.05) is 24.0 Å². The van der Waals surface area contributed by atoms with Crippen LogP contribution in [0.25, 0.3) is 31.4 Å². The minimum Gasteiger partial charge on any atom is -0.492 e. The molecule has 3 aromatic heterocycles. The van der Waals surface area contributed by atoms with Crippen molar-refractivity contribution in [1.29, 1.82) is 0 Å². The normalized spacial score (nSPS) is 13.3. The molecule has 5 rings (SSSR count). The van der Waals surface area contributed by atoms with Gasteiger partial charge in [-0.2, -0.15) is 0 Å². The summed E-state index contributed by atoms with van der Waals surface area (Å²) in [6.07, 6.45) is 0. The molecular formula is C27H28ClN5O3S2. The lowest BCUT2D eigenvalue weighted by molar-refractivity contribution is -0.124. The Labute approximate surface area is 235 Å². The summed E-state index contributed by atoms with van der Waals surface area (Å²) in [5.41, 5.74) is 2.74. The van der Waals surface area contributed by atoms with Crippen LogP contribution < -0.4 is 15.0 Å². The van der Waals surface area contributed by atoms with Crippen molar-refractivity contribution in [2.75, 3.05) is 39.2 Å². The smallest absolute Gasteiger partial charge is 0.275 e. The average Bonchev–Trinajstić information content (AvgIpc) is 3.58. The number of halogens is 1. The molecule has 0 saturated heterocycles. The summed E-state index contributed by atoms with van der Waals surface area (Å²) >= 11 is 3.14. The van der Waals surface area contributed by atoms with E-state index in [1.54, 1.807) is 41.5 Å². The molecule has 8 nitrogen and oxygen atoms in total. The van der Waals surface area contributed by atoms with E-state index >= 15 is 0 Å². The van der Waals surface area contributed by atoms with Crippen LogP contribution in [0.15, 0.2) is 53.0 Å². The summed E-state index contributed by atoms with van der Waals surface area (Å²) in [5, 5.41) is 5.23. The first kappa shape index (κ1) is 27.7. The molecule has 0 saturated carbocycles. The van der Waals surface area contributed by atoms with Gasteiger partial charge in [-0.25, -0.2) is 9.97 Å². The molecule has 0 unspecified atom stereocenters. The molecule has 1 aliphatic heterocycles. The Morgan fingerprint density at radius 3 is 2.34 bits per heavy atom. The molecule has 38 heavy (non-hydrogen) atoms. The Hall–Kier alpha value is -3.31. The number of ether oxygens (including phenoxy) is 1. The lowest BCUT2D eigenvalue weighted by Crippen LogP contribution is -2.29. The summed E-state index contributed by atoms with van der Waals surface area (Å²) in [5.74, 6) is 1.20. The number of hydrogen-bond donors (Lipinski definition) is 1. The number of anilines is 1. The van der Waals surface area contributed by atoms with Crippen molar-refractivity contribution in [3.63, 3.8) is 0 Å². The second-order valence-electron chi connectivity index (χ2n) is 9.08. The number of benzene rings is 1. The van der Waals surface area contributed by atoms with Gasteiger partial charge in [0.25, 0.3) is 11.8 Å². The summed E-state index contributed by atoms with van der Waals surface area (Å²) in [4.78, 5) is 41.2. The first-order valence-corrected chi connectivity index (χ1v) is 13.5. The van der Waals surface area contributed by atoms with Gasteiger partial charge >= 0.3 is 0 Å². The highest BCUT2D eigenvalue weighted by molar-refractivity contribution is 7.22. The second kappa shape index (κ2) is 11.2. The number of nitrogens with zero attached hydrogens (tertiary/aromatic N) is 4. The zero-order chi connectivity index (χ0) is 26.3. The van der Waals surface area contributed by atoms with E-state index < -0.39 is 5.91 Å². The molecule has 0 fully saturated rings. The minimum atomic E-state index is -0.424. The van der Waals surface area contributed by atoms with Crippen LogP contribution in [0.2, 0.25) is 0 Å². The summed E-state index contributed by atoms with van der Waals surface area (Å²) in [7, 11) is 5.81. The maximum atomic E-state index is 12.6. The number of aryl methyl sites for hydroxylation is 1. The van der Waals surface area contributed by atoms with Crippen molar-refractivity contribution in [3.05, 3.63) is 58.6 Å². The minimum absolute atomic E-state index is 0. The van der Waals surface area contributed by atoms with Crippen molar-refractivity contribution in [3.8, 4) is 26.9 Å². The van der Waals surface area contributed by atoms with E-state index in [1.165, 1.54) is 0 Å². The summed E-state index contributed by atoms with van der Waals surface area (Å²) in [6, 6.07) is 12.0. The molecule has 4 aromatic rings. The van der Waals surface area contributed by atoms with Gasteiger partial charge in [-0.05, 0) is 74.8 Å². The van der Waals surface area contributed by atoms with Crippen molar-refractivity contribution >= 4 is 62.9 Å². The Morgan fingerprint density at radius 2 is 1.74 bits per heavy atom. The van der Waals surface area contributed by atoms with Crippen LogP contribution >= 0.6 is 35.1 Å². The topological polar surface area (TPSA) is 87.7 Å². The van der Waals surface area contributed by atoms with Crippen LogP contribution in [-0.4, -0.2) is 61.0 Å². The molecule has 1 aromatic carbocycles. The van der Waals surface area contributed by atoms with Crippen LogP contribution in [0.5, 0.6) is 5.75 Å². The van der Waals surface area contributed by atoms with Gasteiger partial charge in [-0.15, -0.1) is 35.1 Å². The first-order chi connectivity index (χ1) is 17.7. The molecule has 0 aliphatic carbocycles. The number of hydrogen-bond acceptors (Lipinski definition) is 9. The van der Waals surface area contributed by atoms with E-state index in [4.69, 9.17) is 14.7 Å². The van der Waals surface area contributed by atoms with Crippen molar-refractivity contribution in [2.24, 2.45) is 0 Å². The van der Waals surface area contributed by atoms with Gasteiger partial charge in [-0.1, -0.05) is 6.07 Å². The molecule has 11 heteroatoms. The SMILES string of the molecule is CC1=C(N(C)c2nc(-c3cccs3)nc3sc(-c4ccc(OCCN(C)C)cc4)c(C)c23)C(=O)NC1=O.Cl. The van der Waals surface area contributed by atoms with E-state index in [1.807, 2.05) is 50.7 Å². The third-order valence-electron chi connectivity index (χ3n) is 6.23. The third-order valence-corrected chi connectivity index (χ3v) is 8.33. The molecule has 0 radical (unpaired) electrons. The van der Waals surface area contributed by atoms with Gasteiger partial charge in [0.1, 0.15) is 28.7 Å². The number of carbonyl (C=O) groups excluding carboxylic acids is 2. The Morgan fingerprint density at radius 1 is 1.00 bits per heavy atom. The molecule has 2 amide bonds. The van der Waals surface area contributed by atoms with Crippen LogP contribution in [0.3, 0.4) is 0 Å². The fourth-order valence-electron chi connectivity index (χ4n) is 4.24. The van der Waals surface area contributed by atoms with Gasteiger partial charge in [-0.3, -0.25) is 14.9 Å². The molecule has 0 atom stereocenters. The van der Waals surface area contributed by atoms with E-state index in [-0.39, 0.29) is 18.3 Å². The van der Waals surface area contributed by atoms with Crippen molar-refractivity contribution in [2.45, 2.75) is 13.8 Å². The Kier molecular flexibility index (Phi) is 8.17. The fraction of sp³-hybridized carbons (Fsp3) is 0.259. The highest BCUT2D eigenvalue weighted by atomic mass is 35.5. The number of carbonyl (C=O) groups is 2. The van der Waals surface area contributed by atoms with E-state index in [2.05, 4.69) is 22.3 Å². The van der Waals surface area contributed by atoms with Crippen molar-refractivity contribution in [1.82, 2.24) is 20.2 Å². The predicted octanol–water partition coefficient (Wildman–Crippen LogP) is 5.12. The number of imide groups is 1. The zero-order valence-corrected chi connectivity index (χ0v) is 24.1. The van der Waals surface area contributed by atoms with Crippen LogP contribution in [0.1, 0.15) is 12.5 Å². The number of aromatic nitrogens is 2. The quantitative estimate of drug-likeness (QED) is 0.295. The molecule has 1 N–H and O–H groups in total. The van der Waals surface area contributed by atoms with E-state index in [9.17, 15) is 9.59 Å². The van der Waals surface area contributed by atoms with Gasteiger partial charge in [0.15, 0.2) is 5.82 Å². The van der Waals surface area contributed by atoms with E-state index in [0.717, 1.165) is 43.4 Å². The number of thiophene rings is 2. The van der Waals surface area contributed by atoms with Crippen LogP contribution in [-0.2, 0) is 9.59 Å².